The van der Waals surface area contributed by atoms with Gasteiger partial charge < -0.3 is 4.74 Å². The lowest BCUT2D eigenvalue weighted by atomic mass is 10.1. The first-order chi connectivity index (χ1) is 14.3. The monoisotopic (exact) mass is 412 g/mol. The number of anilines is 1. The number of hydrogen-bond donors (Lipinski definition) is 0. The molecule has 2 unspecified atom stereocenters. The first-order valence-electron chi connectivity index (χ1n) is 10.5. The lowest BCUT2D eigenvalue weighted by molar-refractivity contribution is -0.545. The van der Waals surface area contributed by atoms with Crippen LogP contribution in [0.1, 0.15) is 27.2 Å². The van der Waals surface area contributed by atoms with Crippen molar-refractivity contribution >= 4 is 29.4 Å². The molecule has 0 spiro atoms. The van der Waals surface area contributed by atoms with Crippen LogP contribution in [0.5, 0.6) is 5.75 Å². The summed E-state index contributed by atoms with van der Waals surface area (Å²) in [5, 5.41) is 0. The maximum absolute atomic E-state index is 13.4. The highest BCUT2D eigenvalue weighted by atomic mass is 16.5. The van der Waals surface area contributed by atoms with E-state index >= 15 is 0 Å². The Bertz CT molecular complexity index is 921. The Morgan fingerprint density at radius 3 is 2.57 bits per heavy atom. The van der Waals surface area contributed by atoms with Crippen LogP contribution in [0.25, 0.3) is 0 Å². The van der Waals surface area contributed by atoms with Crippen LogP contribution in [0.2, 0.25) is 0 Å². The highest BCUT2D eigenvalue weighted by molar-refractivity contribution is 6.24. The number of carbonyl (C=O) groups is 2. The molecular weight excluding hydrogens is 382 g/mol. The van der Waals surface area contributed by atoms with Gasteiger partial charge in [-0.2, -0.15) is 0 Å². The number of ether oxygens (including phenoxy) is 1. The number of guanidine groups is 1. The second-order valence-corrected chi connectivity index (χ2v) is 8.75. The summed E-state index contributed by atoms with van der Waals surface area (Å²) in [5.41, 5.74) is 0.989. The van der Waals surface area contributed by atoms with Gasteiger partial charge in [0.05, 0.1) is 20.2 Å². The van der Waals surface area contributed by atoms with Crippen molar-refractivity contribution in [3.8, 4) is 5.75 Å². The zero-order valence-corrected chi connectivity index (χ0v) is 18.3. The molecule has 3 aliphatic rings. The minimum absolute atomic E-state index is 0.170. The number of imide groups is 1. The van der Waals surface area contributed by atoms with Gasteiger partial charge in [-0.25, -0.2) is 14.3 Å². The second kappa shape index (κ2) is 7.74. The maximum atomic E-state index is 13.4. The standard InChI is InChI=1S/C22H30N5O3/c1-14(2)10-11-25-20(28)18-19(24(4)22(25)29)23-21-26(12-15(3)13-27(18)21)16-6-8-17(30-5)9-7-16/h6-9,14-15,18H,10-13H2,1-5H3/q+1. The molecule has 160 valence electrons. The Hall–Kier alpha value is -2.90. The minimum atomic E-state index is -0.543. The predicted octanol–water partition coefficient (Wildman–Crippen LogP) is 2.24. The van der Waals surface area contributed by atoms with Crippen LogP contribution in [0.15, 0.2) is 29.3 Å². The van der Waals surface area contributed by atoms with E-state index in [1.807, 2.05) is 24.3 Å². The molecule has 4 rings (SSSR count). The summed E-state index contributed by atoms with van der Waals surface area (Å²) in [6, 6.07) is 7.00. The molecule has 8 nitrogen and oxygen atoms in total. The van der Waals surface area contributed by atoms with E-state index in [1.54, 1.807) is 14.2 Å². The molecule has 1 aromatic rings. The van der Waals surface area contributed by atoms with Crippen LogP contribution in [0, 0.1) is 11.8 Å². The second-order valence-electron chi connectivity index (χ2n) is 8.75. The summed E-state index contributed by atoms with van der Waals surface area (Å²) in [7, 11) is 3.36. The molecule has 3 aliphatic heterocycles. The zero-order valence-electron chi connectivity index (χ0n) is 18.3. The van der Waals surface area contributed by atoms with Crippen molar-refractivity contribution in [1.82, 2.24) is 9.80 Å². The molecule has 8 heteroatoms. The van der Waals surface area contributed by atoms with E-state index in [9.17, 15) is 9.59 Å². The third-order valence-electron chi connectivity index (χ3n) is 5.95. The van der Waals surface area contributed by atoms with Gasteiger partial charge in [0.15, 0.2) is 0 Å². The zero-order chi connectivity index (χ0) is 21.6. The van der Waals surface area contributed by atoms with Crippen molar-refractivity contribution in [3.05, 3.63) is 24.3 Å². The van der Waals surface area contributed by atoms with E-state index in [4.69, 9.17) is 9.73 Å². The van der Waals surface area contributed by atoms with Gasteiger partial charge in [0.25, 0.3) is 5.91 Å². The van der Waals surface area contributed by atoms with E-state index in [1.165, 1.54) is 9.80 Å². The fourth-order valence-corrected chi connectivity index (χ4v) is 4.27. The maximum Gasteiger partial charge on any atom is 0.397 e. The summed E-state index contributed by atoms with van der Waals surface area (Å²) in [6.07, 6.45) is 0.787. The molecule has 0 radical (unpaired) electrons. The third kappa shape index (κ3) is 3.34. The third-order valence-corrected chi connectivity index (χ3v) is 5.95. The van der Waals surface area contributed by atoms with Crippen molar-refractivity contribution in [2.45, 2.75) is 33.2 Å². The normalized spacial score (nSPS) is 23.8. The van der Waals surface area contributed by atoms with Gasteiger partial charge in [-0.05, 0) is 36.6 Å². The van der Waals surface area contributed by atoms with Crippen LogP contribution in [-0.4, -0.2) is 77.9 Å². The van der Waals surface area contributed by atoms with Crippen LogP contribution in [-0.2, 0) is 4.79 Å². The smallest absolute Gasteiger partial charge is 0.397 e. The molecule has 3 heterocycles. The van der Waals surface area contributed by atoms with Crippen LogP contribution < -0.4 is 9.64 Å². The van der Waals surface area contributed by atoms with Crippen LogP contribution >= 0.6 is 0 Å². The van der Waals surface area contributed by atoms with Gasteiger partial charge >= 0.3 is 12.0 Å². The molecule has 3 amide bonds. The average Bonchev–Trinajstić information content (AvgIpc) is 3.11. The lowest BCUT2D eigenvalue weighted by Crippen LogP contribution is -2.63. The highest BCUT2D eigenvalue weighted by Gasteiger charge is 2.54. The topological polar surface area (TPSA) is 68.5 Å². The summed E-state index contributed by atoms with van der Waals surface area (Å²) in [5.74, 6) is 2.63. The number of benzene rings is 1. The first-order valence-corrected chi connectivity index (χ1v) is 10.5. The SMILES string of the molecule is COc1ccc(N2CC(C)C[N+]3=C2N=C2C3C(=O)N(CCC(C)C)C(=O)N2C)cc1. The molecule has 0 N–H and O–H groups in total. The lowest BCUT2D eigenvalue weighted by Gasteiger charge is -2.35. The number of fused-ring (bicyclic) bond motifs is 2. The van der Waals surface area contributed by atoms with Crippen LogP contribution in [0.3, 0.4) is 0 Å². The number of rotatable bonds is 5. The molecule has 1 aromatic carbocycles. The van der Waals surface area contributed by atoms with E-state index in [0.29, 0.717) is 24.2 Å². The number of hydrogen-bond acceptors (Lipinski definition) is 5. The highest BCUT2D eigenvalue weighted by Crippen LogP contribution is 2.29. The largest absolute Gasteiger partial charge is 0.497 e. The number of aliphatic imine (C=N–C) groups is 1. The molecule has 0 bridgehead atoms. The van der Waals surface area contributed by atoms with Gasteiger partial charge in [-0.1, -0.05) is 25.8 Å². The molecular formula is C22H30N5O3+. The molecule has 2 atom stereocenters. The average molecular weight is 413 g/mol. The summed E-state index contributed by atoms with van der Waals surface area (Å²) in [6.45, 7) is 8.32. The number of urea groups is 1. The van der Waals surface area contributed by atoms with Gasteiger partial charge in [0.2, 0.25) is 11.9 Å². The quantitative estimate of drug-likeness (QED) is 0.696. The van der Waals surface area contributed by atoms with Crippen molar-refractivity contribution in [2.24, 2.45) is 16.8 Å². The van der Waals surface area contributed by atoms with E-state index < -0.39 is 6.04 Å². The summed E-state index contributed by atoms with van der Waals surface area (Å²) in [4.78, 5) is 36.1. The van der Waals surface area contributed by atoms with Crippen molar-refractivity contribution in [2.75, 3.05) is 38.7 Å². The van der Waals surface area contributed by atoms with Gasteiger partial charge in [-0.3, -0.25) is 14.6 Å². The molecule has 0 aromatic heterocycles. The molecule has 1 fully saturated rings. The number of amides is 3. The summed E-state index contributed by atoms with van der Waals surface area (Å²) < 4.78 is 7.33. The fourth-order valence-electron chi connectivity index (χ4n) is 4.27. The van der Waals surface area contributed by atoms with Gasteiger partial charge in [-0.15, -0.1) is 0 Å². The first kappa shape index (κ1) is 20.4. The summed E-state index contributed by atoms with van der Waals surface area (Å²) >= 11 is 0. The molecule has 30 heavy (non-hydrogen) atoms. The number of likely N-dealkylation sites (N-methyl/N-ethyl adjacent to an activating group) is 1. The number of methoxy groups -OCH3 is 1. The number of nitrogens with zero attached hydrogens (tertiary/aromatic N) is 5. The molecule has 0 aliphatic carbocycles. The Morgan fingerprint density at radius 1 is 1.23 bits per heavy atom. The Labute approximate surface area is 177 Å². The van der Waals surface area contributed by atoms with Crippen molar-refractivity contribution < 1.29 is 18.9 Å². The van der Waals surface area contributed by atoms with E-state index in [2.05, 4.69) is 30.2 Å². The van der Waals surface area contributed by atoms with E-state index in [0.717, 1.165) is 36.9 Å². The van der Waals surface area contributed by atoms with Crippen molar-refractivity contribution in [1.29, 1.82) is 0 Å². The predicted molar refractivity (Wildman–Crippen MR) is 115 cm³/mol. The molecule has 1 saturated heterocycles. The number of carbonyl (C=O) groups excluding carboxylic acids is 2. The Kier molecular flexibility index (Phi) is 5.26. The van der Waals surface area contributed by atoms with Gasteiger partial charge in [0.1, 0.15) is 11.4 Å². The van der Waals surface area contributed by atoms with Crippen molar-refractivity contribution in [3.63, 3.8) is 0 Å². The fraction of sp³-hybridized carbons (Fsp3) is 0.545. The minimum Gasteiger partial charge on any atom is -0.497 e. The number of amidine groups is 1. The van der Waals surface area contributed by atoms with Crippen LogP contribution in [0.4, 0.5) is 10.5 Å². The van der Waals surface area contributed by atoms with Gasteiger partial charge in [0, 0.05) is 19.5 Å². The van der Waals surface area contributed by atoms with E-state index in [-0.39, 0.29) is 11.9 Å². The Balaban J connectivity index is 1.71. The Morgan fingerprint density at radius 2 is 1.93 bits per heavy atom. The molecule has 0 saturated carbocycles.